The second-order valence-electron chi connectivity index (χ2n) is 5.38. The van der Waals surface area contributed by atoms with Gasteiger partial charge in [0.15, 0.2) is 0 Å². The van der Waals surface area contributed by atoms with Crippen molar-refractivity contribution in [3.05, 3.63) is 0 Å². The van der Waals surface area contributed by atoms with E-state index in [0.717, 1.165) is 44.8 Å². The van der Waals surface area contributed by atoms with E-state index < -0.39 is 0 Å². The molecule has 1 fully saturated rings. The number of likely N-dealkylation sites (tertiary alicyclic amines) is 1. The number of carbonyl (C=O) groups is 1. The minimum absolute atomic E-state index is 0.181. The van der Waals surface area contributed by atoms with Gasteiger partial charge in [-0.2, -0.15) is 0 Å². The lowest BCUT2D eigenvalue weighted by molar-refractivity contribution is -0.123. The summed E-state index contributed by atoms with van der Waals surface area (Å²) < 4.78 is 0. The molecule has 1 heterocycles. The van der Waals surface area contributed by atoms with Crippen LogP contribution in [0.2, 0.25) is 0 Å². The molecule has 1 aliphatic rings. The lowest BCUT2D eigenvalue weighted by Crippen LogP contribution is -2.44. The quantitative estimate of drug-likeness (QED) is 0.722. The lowest BCUT2D eigenvalue weighted by Gasteiger charge is -2.31. The molecule has 3 N–H and O–H groups in total. The number of piperidine rings is 1. The average Bonchev–Trinajstić information content (AvgIpc) is 2.38. The molecule has 0 saturated carbocycles. The fourth-order valence-corrected chi connectivity index (χ4v) is 2.64. The van der Waals surface area contributed by atoms with Crippen LogP contribution >= 0.6 is 0 Å². The number of hydrogen-bond acceptors (Lipinski definition) is 3. The number of rotatable bonds is 7. The predicted octanol–water partition coefficient (Wildman–Crippen LogP) is 1.35. The molecule has 0 aliphatic carbocycles. The van der Waals surface area contributed by atoms with Crippen molar-refractivity contribution in [2.75, 3.05) is 26.2 Å². The Balaban J connectivity index is 2.21. The summed E-state index contributed by atoms with van der Waals surface area (Å²) in [5.74, 6) is 0.953. The summed E-state index contributed by atoms with van der Waals surface area (Å²) in [7, 11) is 0. The third-order valence-corrected chi connectivity index (χ3v) is 4.00. The summed E-state index contributed by atoms with van der Waals surface area (Å²) in [6.45, 7) is 7.67. The van der Waals surface area contributed by atoms with Gasteiger partial charge < -0.3 is 11.1 Å². The van der Waals surface area contributed by atoms with Crippen molar-refractivity contribution in [2.45, 2.75) is 52.0 Å². The van der Waals surface area contributed by atoms with E-state index in [1.54, 1.807) is 0 Å². The van der Waals surface area contributed by atoms with Gasteiger partial charge in [-0.3, -0.25) is 9.69 Å². The SMILES string of the molecule is CCC(CC)NC(=O)CN1CCC(CCN)CC1. The van der Waals surface area contributed by atoms with Gasteiger partial charge in [0, 0.05) is 6.04 Å². The van der Waals surface area contributed by atoms with Gasteiger partial charge in [0.2, 0.25) is 5.91 Å². The summed E-state index contributed by atoms with van der Waals surface area (Å²) in [6, 6.07) is 0.340. The molecule has 0 aromatic carbocycles. The Morgan fingerprint density at radius 3 is 2.44 bits per heavy atom. The highest BCUT2D eigenvalue weighted by Crippen LogP contribution is 2.19. The summed E-state index contributed by atoms with van der Waals surface area (Å²) in [6.07, 6.45) is 5.54. The molecule has 0 spiro atoms. The second-order valence-corrected chi connectivity index (χ2v) is 5.38. The van der Waals surface area contributed by atoms with Crippen molar-refractivity contribution in [3.8, 4) is 0 Å². The lowest BCUT2D eigenvalue weighted by atomic mass is 9.94. The van der Waals surface area contributed by atoms with Crippen molar-refractivity contribution in [3.63, 3.8) is 0 Å². The first-order valence-electron chi connectivity index (χ1n) is 7.41. The molecule has 0 aromatic rings. The van der Waals surface area contributed by atoms with Gasteiger partial charge in [0.1, 0.15) is 0 Å². The Morgan fingerprint density at radius 1 is 1.33 bits per heavy atom. The molecule has 0 bridgehead atoms. The van der Waals surface area contributed by atoms with Crippen molar-refractivity contribution in [2.24, 2.45) is 11.7 Å². The number of carbonyl (C=O) groups excluding carboxylic acids is 1. The van der Waals surface area contributed by atoms with E-state index >= 15 is 0 Å². The van der Waals surface area contributed by atoms with Crippen LogP contribution < -0.4 is 11.1 Å². The summed E-state index contributed by atoms with van der Waals surface area (Å²) in [5, 5.41) is 3.10. The van der Waals surface area contributed by atoms with Crippen LogP contribution in [0.25, 0.3) is 0 Å². The second kappa shape index (κ2) is 8.48. The van der Waals surface area contributed by atoms with E-state index in [4.69, 9.17) is 5.73 Å². The molecular formula is C14H29N3O. The van der Waals surface area contributed by atoms with Crippen LogP contribution in [0.4, 0.5) is 0 Å². The van der Waals surface area contributed by atoms with Crippen LogP contribution in [0, 0.1) is 5.92 Å². The fourth-order valence-electron chi connectivity index (χ4n) is 2.64. The van der Waals surface area contributed by atoms with Gasteiger partial charge >= 0.3 is 0 Å². The molecule has 106 valence electrons. The molecule has 4 nitrogen and oxygen atoms in total. The summed E-state index contributed by atoms with van der Waals surface area (Å²) >= 11 is 0. The third kappa shape index (κ3) is 5.36. The van der Waals surface area contributed by atoms with Crippen LogP contribution in [0.3, 0.4) is 0 Å². The van der Waals surface area contributed by atoms with Crippen LogP contribution in [0.5, 0.6) is 0 Å². The van der Waals surface area contributed by atoms with Crippen LogP contribution in [0.15, 0.2) is 0 Å². The molecule has 1 aliphatic heterocycles. The van der Waals surface area contributed by atoms with E-state index in [9.17, 15) is 4.79 Å². The highest BCUT2D eigenvalue weighted by Gasteiger charge is 2.20. The largest absolute Gasteiger partial charge is 0.352 e. The molecular weight excluding hydrogens is 226 g/mol. The fraction of sp³-hybridized carbons (Fsp3) is 0.929. The van der Waals surface area contributed by atoms with E-state index in [-0.39, 0.29) is 5.91 Å². The van der Waals surface area contributed by atoms with Crippen molar-refractivity contribution >= 4 is 5.91 Å². The van der Waals surface area contributed by atoms with Crippen LogP contribution in [-0.2, 0) is 4.79 Å². The first-order chi connectivity index (χ1) is 8.69. The molecule has 0 radical (unpaired) electrons. The molecule has 1 saturated heterocycles. The van der Waals surface area contributed by atoms with Crippen LogP contribution in [-0.4, -0.2) is 43.0 Å². The molecule has 0 unspecified atom stereocenters. The zero-order valence-electron chi connectivity index (χ0n) is 12.0. The van der Waals surface area contributed by atoms with Crippen LogP contribution in [0.1, 0.15) is 46.0 Å². The molecule has 0 aromatic heterocycles. The topological polar surface area (TPSA) is 58.4 Å². The third-order valence-electron chi connectivity index (χ3n) is 4.00. The monoisotopic (exact) mass is 255 g/mol. The highest BCUT2D eigenvalue weighted by atomic mass is 16.2. The van der Waals surface area contributed by atoms with E-state index in [1.165, 1.54) is 12.8 Å². The number of hydrogen-bond donors (Lipinski definition) is 2. The van der Waals surface area contributed by atoms with Gasteiger partial charge in [-0.05, 0) is 57.7 Å². The number of nitrogens with two attached hydrogens (primary N) is 1. The zero-order valence-corrected chi connectivity index (χ0v) is 12.0. The molecule has 0 atom stereocenters. The van der Waals surface area contributed by atoms with E-state index in [0.29, 0.717) is 12.6 Å². The van der Waals surface area contributed by atoms with E-state index in [2.05, 4.69) is 24.1 Å². The van der Waals surface area contributed by atoms with Gasteiger partial charge in [-0.25, -0.2) is 0 Å². The van der Waals surface area contributed by atoms with Gasteiger partial charge in [-0.1, -0.05) is 13.8 Å². The number of amides is 1. The summed E-state index contributed by atoms with van der Waals surface area (Å²) in [4.78, 5) is 14.1. The maximum absolute atomic E-state index is 11.9. The maximum atomic E-state index is 11.9. The van der Waals surface area contributed by atoms with Gasteiger partial charge in [0.25, 0.3) is 0 Å². The number of nitrogens with zero attached hydrogens (tertiary/aromatic N) is 1. The predicted molar refractivity (Wildman–Crippen MR) is 75.3 cm³/mol. The normalized spacial score (nSPS) is 18.2. The number of nitrogens with one attached hydrogen (secondary N) is 1. The smallest absolute Gasteiger partial charge is 0.234 e. The Kier molecular flexibility index (Phi) is 7.28. The average molecular weight is 255 g/mol. The molecule has 4 heteroatoms. The maximum Gasteiger partial charge on any atom is 0.234 e. The van der Waals surface area contributed by atoms with Crippen molar-refractivity contribution in [1.82, 2.24) is 10.2 Å². The zero-order chi connectivity index (χ0) is 13.4. The molecule has 1 rings (SSSR count). The summed E-state index contributed by atoms with van der Waals surface area (Å²) in [5.41, 5.74) is 5.58. The Bertz CT molecular complexity index is 233. The van der Waals surface area contributed by atoms with Gasteiger partial charge in [0.05, 0.1) is 6.54 Å². The first-order valence-corrected chi connectivity index (χ1v) is 7.41. The minimum Gasteiger partial charge on any atom is -0.352 e. The van der Waals surface area contributed by atoms with E-state index in [1.807, 2.05) is 0 Å². The molecule has 18 heavy (non-hydrogen) atoms. The molecule has 1 amide bonds. The standard InChI is InChI=1S/C14H29N3O/c1-3-13(4-2)16-14(18)11-17-9-6-12(5-8-15)7-10-17/h12-13H,3-11,15H2,1-2H3,(H,16,18). The first kappa shape index (κ1) is 15.4. The van der Waals surface area contributed by atoms with Crippen molar-refractivity contribution in [1.29, 1.82) is 0 Å². The Labute approximate surface area is 111 Å². The Hall–Kier alpha value is -0.610. The highest BCUT2D eigenvalue weighted by molar-refractivity contribution is 5.78. The Morgan fingerprint density at radius 2 is 1.94 bits per heavy atom. The minimum atomic E-state index is 0.181. The van der Waals surface area contributed by atoms with Gasteiger partial charge in [-0.15, -0.1) is 0 Å². The van der Waals surface area contributed by atoms with Crippen molar-refractivity contribution < 1.29 is 4.79 Å².